The lowest BCUT2D eigenvalue weighted by Gasteiger charge is -2.35. The third-order valence-electron chi connectivity index (χ3n) is 5.22. The minimum Gasteiger partial charge on any atom is -0.484 e. The Morgan fingerprint density at radius 1 is 1.23 bits per heavy atom. The van der Waals surface area contributed by atoms with Crippen LogP contribution in [0.2, 0.25) is 0 Å². The van der Waals surface area contributed by atoms with Gasteiger partial charge in [0.05, 0.1) is 18.3 Å². The summed E-state index contributed by atoms with van der Waals surface area (Å²) in [5.41, 5.74) is 0.737. The van der Waals surface area contributed by atoms with E-state index in [-0.39, 0.29) is 24.5 Å². The zero-order valence-electron chi connectivity index (χ0n) is 17.8. The molecular weight excluding hydrogens is 382 g/mol. The van der Waals surface area contributed by atoms with Gasteiger partial charge in [-0.1, -0.05) is 18.2 Å². The van der Waals surface area contributed by atoms with Crippen LogP contribution in [0.3, 0.4) is 0 Å². The second-order valence-electron chi connectivity index (χ2n) is 7.43. The molecule has 1 aromatic heterocycles. The monoisotopic (exact) mass is 411 g/mol. The first-order chi connectivity index (χ1) is 14.5. The number of piperidine rings is 1. The van der Waals surface area contributed by atoms with Crippen LogP contribution >= 0.6 is 0 Å². The summed E-state index contributed by atoms with van der Waals surface area (Å²) in [6.45, 7) is 2.54. The number of likely N-dealkylation sites (tertiary alicyclic amines) is 1. The van der Waals surface area contributed by atoms with Crippen molar-refractivity contribution in [2.24, 2.45) is 0 Å². The Hall–Kier alpha value is -3.16. The first-order valence-corrected chi connectivity index (χ1v) is 10.2. The molecule has 1 aromatic carbocycles. The number of hydrogen-bond acceptors (Lipinski definition) is 6. The summed E-state index contributed by atoms with van der Waals surface area (Å²) in [6.07, 6.45) is 2.75. The molecule has 1 fully saturated rings. The number of hydrogen-bond donors (Lipinski definition) is 1. The van der Waals surface area contributed by atoms with Crippen LogP contribution in [0.25, 0.3) is 0 Å². The molecule has 2 amide bonds. The molecule has 8 heteroatoms. The Morgan fingerprint density at radius 2 is 2.00 bits per heavy atom. The van der Waals surface area contributed by atoms with E-state index in [4.69, 9.17) is 9.72 Å². The molecule has 0 spiro atoms. The minimum atomic E-state index is -0.208. The number of nitrogens with one attached hydrogen (secondary N) is 1. The fourth-order valence-corrected chi connectivity index (χ4v) is 3.47. The molecule has 1 saturated heterocycles. The maximum atomic E-state index is 12.9. The standard InChI is InChI=1S/C22H29N5O3/c1-16(28)26(3)14-17-13-20(23-2)25-22(24-17)19-11-7-8-12-27(19)21(29)15-30-18-9-5-4-6-10-18/h4-6,9-10,13,19H,7-8,11-12,14-15H2,1-3H3,(H,23,24,25)/t19-/m0/s1. The van der Waals surface area contributed by atoms with Crippen LogP contribution in [0.5, 0.6) is 5.75 Å². The number of carbonyl (C=O) groups excluding carboxylic acids is 2. The molecule has 0 unspecified atom stereocenters. The quantitative estimate of drug-likeness (QED) is 0.754. The Kier molecular flexibility index (Phi) is 7.21. The fourth-order valence-electron chi connectivity index (χ4n) is 3.47. The van der Waals surface area contributed by atoms with Crippen molar-refractivity contribution in [1.29, 1.82) is 0 Å². The molecule has 160 valence electrons. The number of nitrogens with zero attached hydrogens (tertiary/aromatic N) is 4. The largest absolute Gasteiger partial charge is 0.484 e. The fraction of sp³-hybridized carbons (Fsp3) is 0.455. The summed E-state index contributed by atoms with van der Waals surface area (Å²) in [6, 6.07) is 10.9. The van der Waals surface area contributed by atoms with Crippen molar-refractivity contribution in [3.8, 4) is 5.75 Å². The van der Waals surface area contributed by atoms with Crippen molar-refractivity contribution >= 4 is 17.6 Å². The topological polar surface area (TPSA) is 87.7 Å². The SMILES string of the molecule is CNc1cc(CN(C)C(C)=O)nc([C@@H]2CCCCN2C(=O)COc2ccccc2)n1. The zero-order valence-corrected chi connectivity index (χ0v) is 17.8. The van der Waals surface area contributed by atoms with E-state index in [1.807, 2.05) is 41.3 Å². The van der Waals surface area contributed by atoms with E-state index in [0.29, 0.717) is 30.5 Å². The smallest absolute Gasteiger partial charge is 0.261 e. The highest BCUT2D eigenvalue weighted by Crippen LogP contribution is 2.30. The van der Waals surface area contributed by atoms with Crippen LogP contribution in [-0.2, 0) is 16.1 Å². The van der Waals surface area contributed by atoms with Crippen molar-refractivity contribution in [2.75, 3.05) is 32.6 Å². The summed E-state index contributed by atoms with van der Waals surface area (Å²) in [5, 5.41) is 3.06. The van der Waals surface area contributed by atoms with Gasteiger partial charge in [0, 0.05) is 33.6 Å². The summed E-state index contributed by atoms with van der Waals surface area (Å²) >= 11 is 0. The van der Waals surface area contributed by atoms with E-state index in [2.05, 4.69) is 10.3 Å². The molecule has 0 aliphatic carbocycles. The Labute approximate surface area is 177 Å². The molecule has 1 aliphatic rings. The van der Waals surface area contributed by atoms with Gasteiger partial charge in [-0.15, -0.1) is 0 Å². The molecule has 0 bridgehead atoms. The van der Waals surface area contributed by atoms with Crippen molar-refractivity contribution in [1.82, 2.24) is 19.8 Å². The molecule has 2 aromatic rings. The third-order valence-corrected chi connectivity index (χ3v) is 5.22. The van der Waals surface area contributed by atoms with Crippen molar-refractivity contribution < 1.29 is 14.3 Å². The molecule has 2 heterocycles. The van der Waals surface area contributed by atoms with Crippen molar-refractivity contribution in [3.63, 3.8) is 0 Å². The maximum absolute atomic E-state index is 12.9. The third kappa shape index (κ3) is 5.46. The van der Waals surface area contributed by atoms with E-state index in [9.17, 15) is 9.59 Å². The molecule has 0 radical (unpaired) electrons. The van der Waals surface area contributed by atoms with Crippen LogP contribution in [0.15, 0.2) is 36.4 Å². The van der Waals surface area contributed by atoms with Gasteiger partial charge in [-0.25, -0.2) is 9.97 Å². The first kappa shape index (κ1) is 21.5. The number of rotatable bonds is 7. The summed E-state index contributed by atoms with van der Waals surface area (Å²) in [4.78, 5) is 37.3. The Morgan fingerprint density at radius 3 is 2.70 bits per heavy atom. The minimum absolute atomic E-state index is 0.0217. The number of ether oxygens (including phenoxy) is 1. The van der Waals surface area contributed by atoms with Gasteiger partial charge in [0.15, 0.2) is 12.4 Å². The Balaban J connectivity index is 1.78. The summed E-state index contributed by atoms with van der Waals surface area (Å²) < 4.78 is 5.66. The molecular formula is C22H29N5O3. The summed E-state index contributed by atoms with van der Waals surface area (Å²) in [7, 11) is 3.53. The number of amides is 2. The van der Waals surface area contributed by atoms with Gasteiger partial charge >= 0.3 is 0 Å². The molecule has 1 atom stereocenters. The van der Waals surface area contributed by atoms with Crippen molar-refractivity contribution in [2.45, 2.75) is 38.8 Å². The second kappa shape index (κ2) is 10.0. The molecule has 3 rings (SSSR count). The lowest BCUT2D eigenvalue weighted by molar-refractivity contribution is -0.137. The molecule has 30 heavy (non-hydrogen) atoms. The van der Waals surface area contributed by atoms with Crippen LogP contribution in [0, 0.1) is 0 Å². The van der Waals surface area contributed by atoms with Crippen LogP contribution < -0.4 is 10.1 Å². The number of anilines is 1. The molecule has 1 N–H and O–H groups in total. The number of carbonyl (C=O) groups is 2. The highest BCUT2D eigenvalue weighted by Gasteiger charge is 2.31. The average molecular weight is 412 g/mol. The van der Waals surface area contributed by atoms with Crippen LogP contribution in [0.1, 0.15) is 43.7 Å². The van der Waals surface area contributed by atoms with Crippen molar-refractivity contribution in [3.05, 3.63) is 47.9 Å². The van der Waals surface area contributed by atoms with Gasteiger partial charge in [-0.3, -0.25) is 9.59 Å². The highest BCUT2D eigenvalue weighted by atomic mass is 16.5. The lowest BCUT2D eigenvalue weighted by Crippen LogP contribution is -2.42. The normalized spacial score (nSPS) is 16.1. The zero-order chi connectivity index (χ0) is 21.5. The number of benzene rings is 1. The van der Waals surface area contributed by atoms with E-state index in [1.165, 1.54) is 6.92 Å². The molecule has 0 saturated carbocycles. The number of aromatic nitrogens is 2. The van der Waals surface area contributed by atoms with Gasteiger partial charge in [-0.2, -0.15) is 0 Å². The first-order valence-electron chi connectivity index (χ1n) is 10.2. The van der Waals surface area contributed by atoms with Gasteiger partial charge < -0.3 is 19.9 Å². The maximum Gasteiger partial charge on any atom is 0.261 e. The second-order valence-corrected chi connectivity index (χ2v) is 7.43. The highest BCUT2D eigenvalue weighted by molar-refractivity contribution is 5.78. The van der Waals surface area contributed by atoms with E-state index in [1.54, 1.807) is 19.0 Å². The number of para-hydroxylation sites is 1. The van der Waals surface area contributed by atoms with E-state index in [0.717, 1.165) is 25.0 Å². The lowest BCUT2D eigenvalue weighted by atomic mass is 10.0. The predicted molar refractivity (Wildman–Crippen MR) is 114 cm³/mol. The van der Waals surface area contributed by atoms with Gasteiger partial charge in [0.25, 0.3) is 5.91 Å². The molecule has 8 nitrogen and oxygen atoms in total. The van der Waals surface area contributed by atoms with Gasteiger partial charge in [0.1, 0.15) is 11.6 Å². The predicted octanol–water partition coefficient (Wildman–Crippen LogP) is 2.63. The Bertz CT molecular complexity index is 874. The van der Waals surface area contributed by atoms with E-state index < -0.39 is 0 Å². The van der Waals surface area contributed by atoms with Gasteiger partial charge in [-0.05, 0) is 31.4 Å². The molecule has 1 aliphatic heterocycles. The van der Waals surface area contributed by atoms with Gasteiger partial charge in [0.2, 0.25) is 5.91 Å². The summed E-state index contributed by atoms with van der Waals surface area (Å²) in [5.74, 6) is 1.83. The van der Waals surface area contributed by atoms with Crippen LogP contribution in [-0.4, -0.2) is 58.8 Å². The van der Waals surface area contributed by atoms with Crippen LogP contribution in [0.4, 0.5) is 5.82 Å². The average Bonchev–Trinajstić information content (AvgIpc) is 2.77. The van der Waals surface area contributed by atoms with E-state index >= 15 is 0 Å².